The quantitative estimate of drug-likeness (QED) is 0.738. The Morgan fingerprint density at radius 2 is 2.05 bits per heavy atom. The van der Waals surface area contributed by atoms with E-state index >= 15 is 0 Å². The van der Waals surface area contributed by atoms with Crippen molar-refractivity contribution in [3.63, 3.8) is 0 Å². The Bertz CT molecular complexity index is 745. The molecule has 0 bridgehead atoms. The second-order valence-corrected chi connectivity index (χ2v) is 4.41. The van der Waals surface area contributed by atoms with Crippen molar-refractivity contribution in [2.75, 3.05) is 6.61 Å². The van der Waals surface area contributed by atoms with Gasteiger partial charge in [-0.25, -0.2) is 0 Å². The Morgan fingerprint density at radius 1 is 1.25 bits per heavy atom. The number of hydrogen-bond donors (Lipinski definition) is 1. The summed E-state index contributed by atoms with van der Waals surface area (Å²) in [6.07, 6.45) is 5.13. The number of aromatic nitrogens is 2. The Hall–Kier alpha value is -2.62. The molecule has 0 aliphatic heterocycles. The second kappa shape index (κ2) is 5.17. The molecule has 3 rings (SSSR count). The number of benzene rings is 1. The number of aromatic amines is 1. The van der Waals surface area contributed by atoms with Gasteiger partial charge >= 0.3 is 0 Å². The molecular formula is C16H14N2O2. The fourth-order valence-corrected chi connectivity index (χ4v) is 2.18. The lowest BCUT2D eigenvalue weighted by molar-refractivity contribution is 0.104. The minimum Gasteiger partial charge on any atom is -0.494 e. The molecule has 4 heteroatoms. The number of nitrogens with zero attached hydrogens (tertiary/aromatic N) is 1. The molecule has 4 nitrogen and oxygen atoms in total. The smallest absolute Gasteiger partial charge is 0.195 e. The van der Waals surface area contributed by atoms with Crippen LogP contribution in [0.5, 0.6) is 5.75 Å². The summed E-state index contributed by atoms with van der Waals surface area (Å²) in [6, 6.07) is 9.03. The maximum absolute atomic E-state index is 12.5. The molecule has 0 radical (unpaired) electrons. The number of H-pyrrole nitrogens is 1. The number of pyridine rings is 1. The van der Waals surface area contributed by atoms with E-state index in [4.69, 9.17) is 4.74 Å². The summed E-state index contributed by atoms with van der Waals surface area (Å²) in [7, 11) is 0. The van der Waals surface area contributed by atoms with Gasteiger partial charge in [-0.15, -0.1) is 0 Å². The summed E-state index contributed by atoms with van der Waals surface area (Å²) in [6.45, 7) is 2.54. The van der Waals surface area contributed by atoms with Crippen molar-refractivity contribution < 1.29 is 9.53 Å². The van der Waals surface area contributed by atoms with Crippen LogP contribution < -0.4 is 4.74 Å². The summed E-state index contributed by atoms with van der Waals surface area (Å²) in [5.41, 5.74) is 2.18. The van der Waals surface area contributed by atoms with E-state index < -0.39 is 0 Å². The average molecular weight is 266 g/mol. The van der Waals surface area contributed by atoms with E-state index in [2.05, 4.69) is 9.97 Å². The van der Waals surface area contributed by atoms with Crippen LogP contribution in [0.2, 0.25) is 0 Å². The summed E-state index contributed by atoms with van der Waals surface area (Å²) >= 11 is 0. The van der Waals surface area contributed by atoms with Gasteiger partial charge in [-0.3, -0.25) is 9.78 Å². The van der Waals surface area contributed by atoms with E-state index in [0.29, 0.717) is 17.7 Å². The molecule has 0 aliphatic carbocycles. The highest BCUT2D eigenvalue weighted by molar-refractivity contribution is 6.16. The summed E-state index contributed by atoms with van der Waals surface area (Å²) < 4.78 is 5.37. The van der Waals surface area contributed by atoms with Gasteiger partial charge in [-0.05, 0) is 37.3 Å². The first-order valence-electron chi connectivity index (χ1n) is 6.48. The first-order valence-corrected chi connectivity index (χ1v) is 6.48. The van der Waals surface area contributed by atoms with Gasteiger partial charge in [0.1, 0.15) is 5.75 Å². The van der Waals surface area contributed by atoms with Gasteiger partial charge in [0.25, 0.3) is 0 Å². The number of carbonyl (C=O) groups is 1. The highest BCUT2D eigenvalue weighted by atomic mass is 16.5. The van der Waals surface area contributed by atoms with Crippen molar-refractivity contribution in [1.29, 1.82) is 0 Å². The third kappa shape index (κ3) is 2.16. The van der Waals surface area contributed by atoms with Gasteiger partial charge in [-0.2, -0.15) is 0 Å². The topological polar surface area (TPSA) is 55.0 Å². The molecule has 1 aromatic carbocycles. The monoisotopic (exact) mass is 266 g/mol. The number of nitrogens with one attached hydrogen (secondary N) is 1. The van der Waals surface area contributed by atoms with Crippen molar-refractivity contribution in [3.05, 3.63) is 60.0 Å². The lowest BCUT2D eigenvalue weighted by Crippen LogP contribution is -2.00. The summed E-state index contributed by atoms with van der Waals surface area (Å²) in [5.74, 6) is 0.747. The molecule has 0 aliphatic rings. The molecule has 3 aromatic rings. The van der Waals surface area contributed by atoms with Crippen molar-refractivity contribution in [2.24, 2.45) is 0 Å². The van der Waals surface area contributed by atoms with Gasteiger partial charge in [0.05, 0.1) is 6.61 Å². The number of rotatable bonds is 4. The van der Waals surface area contributed by atoms with E-state index in [-0.39, 0.29) is 5.78 Å². The molecule has 0 spiro atoms. The molecule has 0 saturated carbocycles. The Morgan fingerprint density at radius 3 is 2.80 bits per heavy atom. The number of hydrogen-bond acceptors (Lipinski definition) is 3. The molecule has 0 unspecified atom stereocenters. The Kier molecular flexibility index (Phi) is 3.21. The lowest BCUT2D eigenvalue weighted by atomic mass is 10.0. The standard InChI is InChI=1S/C16H14N2O2/c1-2-20-12-5-3-11(4-6-12)16(19)14-10-18-15-7-8-17-9-13(14)15/h3-10,18H,2H2,1H3. The number of fused-ring (bicyclic) bond motifs is 1. The Labute approximate surface area is 116 Å². The van der Waals surface area contributed by atoms with Crippen LogP contribution in [0.1, 0.15) is 22.8 Å². The van der Waals surface area contributed by atoms with Gasteiger partial charge in [0.15, 0.2) is 5.78 Å². The van der Waals surface area contributed by atoms with Gasteiger partial charge in [0.2, 0.25) is 0 Å². The highest BCUT2D eigenvalue weighted by Crippen LogP contribution is 2.21. The number of carbonyl (C=O) groups excluding carboxylic acids is 1. The lowest BCUT2D eigenvalue weighted by Gasteiger charge is -2.04. The van der Waals surface area contributed by atoms with Crippen molar-refractivity contribution in [1.82, 2.24) is 9.97 Å². The van der Waals surface area contributed by atoms with E-state index in [9.17, 15) is 4.79 Å². The molecule has 20 heavy (non-hydrogen) atoms. The summed E-state index contributed by atoms with van der Waals surface area (Å²) in [5, 5.41) is 0.839. The molecule has 0 saturated heterocycles. The van der Waals surface area contributed by atoms with Crippen LogP contribution in [0.15, 0.2) is 48.9 Å². The SMILES string of the molecule is CCOc1ccc(C(=O)c2c[nH]c3ccncc23)cc1. The molecule has 1 N–H and O–H groups in total. The fourth-order valence-electron chi connectivity index (χ4n) is 2.18. The molecule has 0 amide bonds. The van der Waals surface area contributed by atoms with Crippen molar-refractivity contribution >= 4 is 16.7 Å². The van der Waals surface area contributed by atoms with Crippen LogP contribution in [0.3, 0.4) is 0 Å². The van der Waals surface area contributed by atoms with Gasteiger partial charge in [-0.1, -0.05) is 0 Å². The van der Waals surface area contributed by atoms with Crippen LogP contribution in [-0.2, 0) is 0 Å². The van der Waals surface area contributed by atoms with Gasteiger partial charge < -0.3 is 9.72 Å². The average Bonchev–Trinajstić information content (AvgIpc) is 2.92. The Balaban J connectivity index is 1.95. The molecule has 0 fully saturated rings. The molecule has 100 valence electrons. The molecule has 0 atom stereocenters. The van der Waals surface area contributed by atoms with Crippen LogP contribution in [0.4, 0.5) is 0 Å². The largest absolute Gasteiger partial charge is 0.494 e. The second-order valence-electron chi connectivity index (χ2n) is 4.41. The maximum Gasteiger partial charge on any atom is 0.195 e. The van der Waals surface area contributed by atoms with Crippen LogP contribution >= 0.6 is 0 Å². The predicted octanol–water partition coefficient (Wildman–Crippen LogP) is 3.19. The van der Waals surface area contributed by atoms with Crippen LogP contribution in [0.25, 0.3) is 10.9 Å². The predicted molar refractivity (Wildman–Crippen MR) is 77.1 cm³/mol. The van der Waals surface area contributed by atoms with E-state index in [1.807, 2.05) is 25.1 Å². The third-order valence-electron chi connectivity index (χ3n) is 3.16. The van der Waals surface area contributed by atoms with Crippen molar-refractivity contribution in [3.8, 4) is 5.75 Å². The van der Waals surface area contributed by atoms with E-state index in [1.165, 1.54) is 0 Å². The van der Waals surface area contributed by atoms with Gasteiger partial charge in [0, 0.05) is 40.6 Å². The van der Waals surface area contributed by atoms with E-state index in [1.54, 1.807) is 30.7 Å². The highest BCUT2D eigenvalue weighted by Gasteiger charge is 2.14. The number of ketones is 1. The first kappa shape index (κ1) is 12.4. The van der Waals surface area contributed by atoms with Crippen LogP contribution in [-0.4, -0.2) is 22.4 Å². The zero-order valence-electron chi connectivity index (χ0n) is 11.1. The molecule has 2 aromatic heterocycles. The summed E-state index contributed by atoms with van der Waals surface area (Å²) in [4.78, 5) is 19.7. The zero-order valence-corrected chi connectivity index (χ0v) is 11.1. The minimum atomic E-state index is -0.0210. The molecule has 2 heterocycles. The van der Waals surface area contributed by atoms with E-state index in [0.717, 1.165) is 16.7 Å². The maximum atomic E-state index is 12.5. The normalized spacial score (nSPS) is 10.7. The number of ether oxygens (including phenoxy) is 1. The third-order valence-corrected chi connectivity index (χ3v) is 3.16. The minimum absolute atomic E-state index is 0.0210. The zero-order chi connectivity index (χ0) is 13.9. The molecular weight excluding hydrogens is 252 g/mol. The van der Waals surface area contributed by atoms with Crippen LogP contribution in [0, 0.1) is 0 Å². The first-order chi connectivity index (χ1) is 9.79. The fraction of sp³-hybridized carbons (Fsp3) is 0.125. The van der Waals surface area contributed by atoms with Crippen molar-refractivity contribution in [2.45, 2.75) is 6.92 Å².